The molecule has 0 spiro atoms. The van der Waals surface area contributed by atoms with E-state index in [4.69, 9.17) is 14.2 Å². The number of amides is 2. The van der Waals surface area contributed by atoms with Crippen LogP contribution >= 0.6 is 0 Å². The van der Waals surface area contributed by atoms with Crippen molar-refractivity contribution in [3.63, 3.8) is 0 Å². The first-order valence-electron chi connectivity index (χ1n) is 9.48. The van der Waals surface area contributed by atoms with Gasteiger partial charge in [-0.2, -0.15) is 0 Å². The van der Waals surface area contributed by atoms with Gasteiger partial charge in [0.15, 0.2) is 11.5 Å². The van der Waals surface area contributed by atoms with E-state index in [1.54, 1.807) is 38.4 Å². The molecule has 154 valence electrons. The van der Waals surface area contributed by atoms with Crippen LogP contribution in [0.3, 0.4) is 0 Å². The van der Waals surface area contributed by atoms with Crippen LogP contribution in [-0.2, 0) is 16.0 Å². The number of aryl methyl sites for hydroxylation is 1. The van der Waals surface area contributed by atoms with E-state index >= 15 is 0 Å². The monoisotopic (exact) mass is 398 g/mol. The molecule has 1 unspecified atom stereocenters. The number of ether oxygens (including phenoxy) is 3. The summed E-state index contributed by atoms with van der Waals surface area (Å²) in [5.74, 6) is 1.86. The maximum absolute atomic E-state index is 12.5. The van der Waals surface area contributed by atoms with Gasteiger partial charge < -0.3 is 24.4 Å². The van der Waals surface area contributed by atoms with E-state index < -0.39 is 0 Å². The molecule has 1 N–H and O–H groups in total. The number of anilines is 1. The van der Waals surface area contributed by atoms with Crippen LogP contribution in [0.1, 0.15) is 18.4 Å². The first-order valence-corrected chi connectivity index (χ1v) is 9.48. The van der Waals surface area contributed by atoms with Crippen LogP contribution in [-0.4, -0.2) is 45.7 Å². The quantitative estimate of drug-likeness (QED) is 0.740. The van der Waals surface area contributed by atoms with Gasteiger partial charge in [-0.05, 0) is 36.2 Å². The molecule has 0 aliphatic carbocycles. The summed E-state index contributed by atoms with van der Waals surface area (Å²) >= 11 is 0. The third kappa shape index (κ3) is 4.99. The van der Waals surface area contributed by atoms with Gasteiger partial charge in [-0.25, -0.2) is 0 Å². The summed E-state index contributed by atoms with van der Waals surface area (Å²) in [6.45, 7) is 0.433. The van der Waals surface area contributed by atoms with Gasteiger partial charge in [0.2, 0.25) is 11.8 Å². The van der Waals surface area contributed by atoms with Crippen molar-refractivity contribution in [3.8, 4) is 17.2 Å². The SMILES string of the molecule is COc1ccc(CCC(=O)NC2CC(=O)N(c3ccc(OC)c(OC)c3)C2)cc1. The van der Waals surface area contributed by atoms with Gasteiger partial charge in [-0.15, -0.1) is 0 Å². The van der Waals surface area contributed by atoms with Gasteiger partial charge >= 0.3 is 0 Å². The molecule has 2 aromatic rings. The minimum Gasteiger partial charge on any atom is -0.497 e. The van der Waals surface area contributed by atoms with Crippen LogP contribution in [0.25, 0.3) is 0 Å². The average molecular weight is 398 g/mol. The van der Waals surface area contributed by atoms with Gasteiger partial charge in [-0.3, -0.25) is 9.59 Å². The number of hydrogen-bond acceptors (Lipinski definition) is 5. The summed E-state index contributed by atoms with van der Waals surface area (Å²) in [6.07, 6.45) is 1.28. The second-order valence-electron chi connectivity index (χ2n) is 6.86. The fraction of sp³-hybridized carbons (Fsp3) is 0.364. The number of benzene rings is 2. The highest BCUT2D eigenvalue weighted by atomic mass is 16.5. The average Bonchev–Trinajstić information content (AvgIpc) is 3.11. The van der Waals surface area contributed by atoms with E-state index in [0.29, 0.717) is 30.9 Å². The Hall–Kier alpha value is -3.22. The summed E-state index contributed by atoms with van der Waals surface area (Å²) < 4.78 is 15.7. The van der Waals surface area contributed by atoms with Crippen molar-refractivity contribution in [2.75, 3.05) is 32.8 Å². The lowest BCUT2D eigenvalue weighted by Crippen LogP contribution is -2.37. The van der Waals surface area contributed by atoms with Gasteiger partial charge in [0.05, 0.1) is 27.4 Å². The summed E-state index contributed by atoms with van der Waals surface area (Å²) in [5.41, 5.74) is 1.79. The minimum atomic E-state index is -0.209. The van der Waals surface area contributed by atoms with Crippen molar-refractivity contribution < 1.29 is 23.8 Å². The van der Waals surface area contributed by atoms with E-state index in [1.165, 1.54) is 0 Å². The topological polar surface area (TPSA) is 77.1 Å². The maximum Gasteiger partial charge on any atom is 0.229 e. The molecule has 1 atom stereocenters. The van der Waals surface area contributed by atoms with Crippen LogP contribution < -0.4 is 24.4 Å². The van der Waals surface area contributed by atoms with E-state index in [1.807, 2.05) is 30.3 Å². The van der Waals surface area contributed by atoms with Crippen LogP contribution in [0.4, 0.5) is 5.69 Å². The van der Waals surface area contributed by atoms with Crippen molar-refractivity contribution in [3.05, 3.63) is 48.0 Å². The Morgan fingerprint density at radius 3 is 2.41 bits per heavy atom. The summed E-state index contributed by atoms with van der Waals surface area (Å²) in [7, 11) is 4.74. The molecule has 2 aromatic carbocycles. The Kier molecular flexibility index (Phi) is 6.59. The molecule has 1 fully saturated rings. The van der Waals surface area contributed by atoms with E-state index in [2.05, 4.69) is 5.32 Å². The van der Waals surface area contributed by atoms with Crippen molar-refractivity contribution in [2.45, 2.75) is 25.3 Å². The smallest absolute Gasteiger partial charge is 0.229 e. The molecule has 0 saturated carbocycles. The van der Waals surface area contributed by atoms with Crippen molar-refractivity contribution in [1.82, 2.24) is 5.32 Å². The predicted molar refractivity (Wildman–Crippen MR) is 110 cm³/mol. The van der Waals surface area contributed by atoms with Crippen LogP contribution in [0, 0.1) is 0 Å². The zero-order chi connectivity index (χ0) is 20.8. The number of methoxy groups -OCH3 is 3. The fourth-order valence-electron chi connectivity index (χ4n) is 3.40. The molecule has 1 aliphatic rings. The Balaban J connectivity index is 1.55. The third-order valence-electron chi connectivity index (χ3n) is 4.97. The number of carbonyl (C=O) groups is 2. The second-order valence-corrected chi connectivity index (χ2v) is 6.86. The maximum atomic E-state index is 12.5. The normalized spacial score (nSPS) is 15.9. The van der Waals surface area contributed by atoms with Gasteiger partial charge in [0.1, 0.15) is 5.75 Å². The van der Waals surface area contributed by atoms with Gasteiger partial charge in [0, 0.05) is 31.1 Å². The van der Waals surface area contributed by atoms with Crippen molar-refractivity contribution >= 4 is 17.5 Å². The molecule has 29 heavy (non-hydrogen) atoms. The number of nitrogens with one attached hydrogen (secondary N) is 1. The fourth-order valence-corrected chi connectivity index (χ4v) is 3.40. The molecular weight excluding hydrogens is 372 g/mol. The number of rotatable bonds is 8. The molecule has 0 aromatic heterocycles. The molecule has 0 radical (unpaired) electrons. The van der Waals surface area contributed by atoms with E-state index in [0.717, 1.165) is 17.0 Å². The summed E-state index contributed by atoms with van der Waals surface area (Å²) in [4.78, 5) is 26.4. The third-order valence-corrected chi connectivity index (χ3v) is 4.97. The van der Waals surface area contributed by atoms with E-state index in [-0.39, 0.29) is 24.3 Å². The molecule has 2 amide bonds. The Labute approximate surface area is 170 Å². The zero-order valence-corrected chi connectivity index (χ0v) is 16.9. The number of nitrogens with zero attached hydrogens (tertiary/aromatic N) is 1. The van der Waals surface area contributed by atoms with E-state index in [9.17, 15) is 9.59 Å². The Morgan fingerprint density at radius 2 is 1.76 bits per heavy atom. The lowest BCUT2D eigenvalue weighted by Gasteiger charge is -2.19. The predicted octanol–water partition coefficient (Wildman–Crippen LogP) is 2.57. The Bertz CT molecular complexity index is 866. The molecule has 7 heteroatoms. The lowest BCUT2D eigenvalue weighted by atomic mass is 10.1. The molecular formula is C22H26N2O5. The molecule has 3 rings (SSSR count). The van der Waals surface area contributed by atoms with Crippen LogP contribution in [0.2, 0.25) is 0 Å². The van der Waals surface area contributed by atoms with Gasteiger partial charge in [-0.1, -0.05) is 12.1 Å². The highest BCUT2D eigenvalue weighted by Gasteiger charge is 2.32. The number of carbonyl (C=O) groups excluding carboxylic acids is 2. The Morgan fingerprint density at radius 1 is 1.03 bits per heavy atom. The molecule has 1 aliphatic heterocycles. The number of hydrogen-bond donors (Lipinski definition) is 1. The second kappa shape index (κ2) is 9.32. The standard InChI is InChI=1S/C22H26N2O5/c1-27-18-8-4-15(5-9-18)6-11-21(25)23-16-12-22(26)24(14-16)17-7-10-19(28-2)20(13-17)29-3/h4-5,7-10,13,16H,6,11-12,14H2,1-3H3,(H,23,25). The molecule has 1 saturated heterocycles. The molecule has 1 heterocycles. The van der Waals surface area contributed by atoms with Crippen LogP contribution in [0.15, 0.2) is 42.5 Å². The summed E-state index contributed by atoms with van der Waals surface area (Å²) in [5, 5.41) is 2.97. The lowest BCUT2D eigenvalue weighted by molar-refractivity contribution is -0.121. The first-order chi connectivity index (χ1) is 14.0. The highest BCUT2D eigenvalue weighted by molar-refractivity contribution is 5.97. The molecule has 0 bridgehead atoms. The van der Waals surface area contributed by atoms with Crippen molar-refractivity contribution in [1.29, 1.82) is 0 Å². The van der Waals surface area contributed by atoms with Gasteiger partial charge in [0.25, 0.3) is 0 Å². The minimum absolute atomic E-state index is 0.0299. The first kappa shape index (κ1) is 20.5. The summed E-state index contributed by atoms with van der Waals surface area (Å²) in [6, 6.07) is 12.8. The largest absolute Gasteiger partial charge is 0.497 e. The molecule has 7 nitrogen and oxygen atoms in total. The zero-order valence-electron chi connectivity index (χ0n) is 16.9. The van der Waals surface area contributed by atoms with Crippen LogP contribution in [0.5, 0.6) is 17.2 Å². The highest BCUT2D eigenvalue weighted by Crippen LogP contribution is 2.33. The van der Waals surface area contributed by atoms with Crippen molar-refractivity contribution in [2.24, 2.45) is 0 Å².